The summed E-state index contributed by atoms with van der Waals surface area (Å²) in [7, 11) is 0. The molecule has 0 spiro atoms. The van der Waals surface area contributed by atoms with Crippen molar-refractivity contribution in [1.29, 1.82) is 0 Å². The van der Waals surface area contributed by atoms with Crippen molar-refractivity contribution in [3.8, 4) is 0 Å². The van der Waals surface area contributed by atoms with Gasteiger partial charge in [-0.3, -0.25) is 0 Å². The van der Waals surface area contributed by atoms with Gasteiger partial charge in [0, 0.05) is 11.1 Å². The molecule has 2 rings (SSSR count). The van der Waals surface area contributed by atoms with E-state index in [0.29, 0.717) is 10.9 Å². The number of halogens is 3. The van der Waals surface area contributed by atoms with Crippen molar-refractivity contribution < 1.29 is 4.39 Å². The Hall–Kier alpha value is -0.310. The van der Waals surface area contributed by atoms with Gasteiger partial charge in [0.1, 0.15) is 5.82 Å². The normalized spacial score (nSPS) is 18.2. The lowest BCUT2D eigenvalue weighted by Gasteiger charge is -2.20. The van der Waals surface area contributed by atoms with E-state index in [1.807, 2.05) is 0 Å². The zero-order valence-corrected chi connectivity index (χ0v) is 10.5. The van der Waals surface area contributed by atoms with Crippen LogP contribution >= 0.6 is 24.0 Å². The van der Waals surface area contributed by atoms with E-state index in [4.69, 9.17) is 17.3 Å². The van der Waals surface area contributed by atoms with Crippen LogP contribution in [0.3, 0.4) is 0 Å². The second kappa shape index (κ2) is 5.85. The van der Waals surface area contributed by atoms with Crippen LogP contribution in [0.2, 0.25) is 5.02 Å². The summed E-state index contributed by atoms with van der Waals surface area (Å²) in [4.78, 5) is 0. The van der Waals surface area contributed by atoms with Crippen molar-refractivity contribution in [1.82, 2.24) is 0 Å². The van der Waals surface area contributed by atoms with Crippen LogP contribution in [0.25, 0.3) is 0 Å². The predicted molar refractivity (Wildman–Crippen MR) is 67.5 cm³/mol. The second-order valence-corrected chi connectivity index (χ2v) is 4.64. The third-order valence-electron chi connectivity index (χ3n) is 3.23. The summed E-state index contributed by atoms with van der Waals surface area (Å²) in [6, 6.07) is 4.43. The highest BCUT2D eigenvalue weighted by molar-refractivity contribution is 6.31. The van der Waals surface area contributed by atoms with E-state index in [2.05, 4.69) is 0 Å². The highest BCUT2D eigenvalue weighted by atomic mass is 35.5. The Balaban J connectivity index is 0.00000128. The molecular weight excluding hydrogens is 248 g/mol. The molecule has 1 aliphatic carbocycles. The van der Waals surface area contributed by atoms with E-state index >= 15 is 0 Å². The highest BCUT2D eigenvalue weighted by Gasteiger charge is 2.24. The second-order valence-electron chi connectivity index (χ2n) is 4.24. The molecule has 0 saturated heterocycles. The van der Waals surface area contributed by atoms with Crippen molar-refractivity contribution in [2.24, 2.45) is 11.7 Å². The summed E-state index contributed by atoms with van der Waals surface area (Å²) in [6.07, 6.45) is 4.82. The molecule has 1 saturated carbocycles. The monoisotopic (exact) mass is 263 g/mol. The Morgan fingerprint density at radius 1 is 1.31 bits per heavy atom. The van der Waals surface area contributed by atoms with Crippen molar-refractivity contribution in [2.75, 3.05) is 0 Å². The van der Waals surface area contributed by atoms with Crippen molar-refractivity contribution in [3.63, 3.8) is 0 Å². The van der Waals surface area contributed by atoms with E-state index in [1.165, 1.54) is 25.0 Å². The molecule has 2 N–H and O–H groups in total. The van der Waals surface area contributed by atoms with Crippen LogP contribution in [0.1, 0.15) is 37.3 Å². The lowest BCUT2D eigenvalue weighted by molar-refractivity contribution is 0.444. The zero-order valence-electron chi connectivity index (χ0n) is 8.96. The molecule has 1 atom stereocenters. The summed E-state index contributed by atoms with van der Waals surface area (Å²) in [6.45, 7) is 0. The largest absolute Gasteiger partial charge is 0.324 e. The molecule has 16 heavy (non-hydrogen) atoms. The lowest BCUT2D eigenvalue weighted by atomic mass is 9.92. The molecule has 1 aromatic rings. The van der Waals surface area contributed by atoms with Crippen molar-refractivity contribution >= 4 is 24.0 Å². The molecule has 0 unspecified atom stereocenters. The maximum atomic E-state index is 12.9. The average molecular weight is 264 g/mol. The highest BCUT2D eigenvalue weighted by Crippen LogP contribution is 2.36. The first kappa shape index (κ1) is 13.8. The number of nitrogens with two attached hydrogens (primary N) is 1. The third-order valence-corrected chi connectivity index (χ3v) is 3.56. The Morgan fingerprint density at radius 2 is 1.94 bits per heavy atom. The molecule has 1 aromatic carbocycles. The first-order chi connectivity index (χ1) is 7.18. The minimum absolute atomic E-state index is 0. The molecule has 0 aromatic heterocycles. The molecule has 0 bridgehead atoms. The maximum absolute atomic E-state index is 12.9. The maximum Gasteiger partial charge on any atom is 0.124 e. The summed E-state index contributed by atoms with van der Waals surface area (Å²) in [5.41, 5.74) is 7.02. The van der Waals surface area contributed by atoms with E-state index in [9.17, 15) is 4.39 Å². The van der Waals surface area contributed by atoms with Crippen molar-refractivity contribution in [3.05, 3.63) is 34.6 Å². The Bertz CT molecular complexity index is 351. The first-order valence-electron chi connectivity index (χ1n) is 5.39. The molecule has 4 heteroatoms. The van der Waals surface area contributed by atoms with E-state index in [0.717, 1.165) is 18.4 Å². The SMILES string of the molecule is Cl.N[C@@H](c1ccc(F)cc1Cl)C1CCCC1. The molecule has 0 aliphatic heterocycles. The smallest absolute Gasteiger partial charge is 0.124 e. The zero-order chi connectivity index (χ0) is 10.8. The van der Waals surface area contributed by atoms with Gasteiger partial charge in [0.2, 0.25) is 0 Å². The van der Waals surface area contributed by atoms with Gasteiger partial charge in [-0.1, -0.05) is 30.5 Å². The molecule has 0 heterocycles. The van der Waals surface area contributed by atoms with Crippen LogP contribution in [0.15, 0.2) is 18.2 Å². The average Bonchev–Trinajstić information content (AvgIpc) is 2.69. The van der Waals surface area contributed by atoms with Gasteiger partial charge >= 0.3 is 0 Å². The van der Waals surface area contributed by atoms with Crippen LogP contribution in [0.4, 0.5) is 4.39 Å². The minimum atomic E-state index is -0.303. The van der Waals surface area contributed by atoms with Crippen LogP contribution in [0, 0.1) is 11.7 Å². The minimum Gasteiger partial charge on any atom is -0.324 e. The van der Waals surface area contributed by atoms with Crippen LogP contribution in [-0.2, 0) is 0 Å². The molecule has 90 valence electrons. The summed E-state index contributed by atoms with van der Waals surface area (Å²) in [5, 5.41) is 0.453. The van der Waals surface area contributed by atoms with Gasteiger partial charge in [0.25, 0.3) is 0 Å². The van der Waals surface area contributed by atoms with Crippen LogP contribution in [-0.4, -0.2) is 0 Å². The van der Waals surface area contributed by atoms with Gasteiger partial charge in [0.05, 0.1) is 0 Å². The van der Waals surface area contributed by atoms with Crippen LogP contribution < -0.4 is 5.73 Å². The number of benzene rings is 1. The topological polar surface area (TPSA) is 26.0 Å². The van der Waals surface area contributed by atoms with E-state index in [-0.39, 0.29) is 24.3 Å². The molecule has 1 aliphatic rings. The fourth-order valence-electron chi connectivity index (χ4n) is 2.34. The Morgan fingerprint density at radius 3 is 2.50 bits per heavy atom. The molecule has 0 radical (unpaired) electrons. The van der Waals surface area contributed by atoms with Gasteiger partial charge in [-0.25, -0.2) is 4.39 Å². The summed E-state index contributed by atoms with van der Waals surface area (Å²) < 4.78 is 12.9. The molecule has 0 amide bonds. The van der Waals surface area contributed by atoms with Gasteiger partial charge in [0.15, 0.2) is 0 Å². The molecule has 1 fully saturated rings. The third kappa shape index (κ3) is 2.88. The predicted octanol–water partition coefficient (Wildman–Crippen LogP) is 4.09. The first-order valence-corrected chi connectivity index (χ1v) is 5.77. The Labute approximate surface area is 107 Å². The van der Waals surface area contributed by atoms with Crippen LogP contribution in [0.5, 0.6) is 0 Å². The van der Waals surface area contributed by atoms with Crippen molar-refractivity contribution in [2.45, 2.75) is 31.7 Å². The van der Waals surface area contributed by atoms with Gasteiger partial charge in [-0.15, -0.1) is 12.4 Å². The lowest BCUT2D eigenvalue weighted by Crippen LogP contribution is -2.19. The fourth-order valence-corrected chi connectivity index (χ4v) is 2.64. The Kier molecular flexibility index (Phi) is 5.03. The quantitative estimate of drug-likeness (QED) is 0.855. The summed E-state index contributed by atoms with van der Waals surface area (Å²) >= 11 is 5.98. The summed E-state index contributed by atoms with van der Waals surface area (Å²) in [5.74, 6) is 0.204. The van der Waals surface area contributed by atoms with E-state index < -0.39 is 0 Å². The molecule has 1 nitrogen and oxygen atoms in total. The van der Waals surface area contributed by atoms with E-state index in [1.54, 1.807) is 6.07 Å². The van der Waals surface area contributed by atoms with Gasteiger partial charge < -0.3 is 5.73 Å². The number of hydrogen-bond donors (Lipinski definition) is 1. The number of rotatable bonds is 2. The molecular formula is C12H16Cl2FN. The number of hydrogen-bond acceptors (Lipinski definition) is 1. The fraction of sp³-hybridized carbons (Fsp3) is 0.500. The van der Waals surface area contributed by atoms with Gasteiger partial charge in [-0.2, -0.15) is 0 Å². The van der Waals surface area contributed by atoms with Gasteiger partial charge in [-0.05, 0) is 36.5 Å². The standard InChI is InChI=1S/C12H15ClFN.ClH/c13-11-7-9(14)5-6-10(11)12(15)8-3-1-2-4-8;/h5-8,12H,1-4,15H2;1H/t12-;/m1./s1.